The zero-order chi connectivity index (χ0) is 10.4. The molecule has 0 radical (unpaired) electrons. The third-order valence-corrected chi connectivity index (χ3v) is 2.14. The van der Waals surface area contributed by atoms with Gasteiger partial charge in [0.05, 0.1) is 11.4 Å². The van der Waals surface area contributed by atoms with E-state index in [-0.39, 0.29) is 0 Å². The van der Waals surface area contributed by atoms with Crippen molar-refractivity contribution in [2.24, 2.45) is 7.05 Å². The lowest BCUT2D eigenvalue weighted by Crippen LogP contribution is -2.16. The molecule has 0 spiro atoms. The monoisotopic (exact) mass is 191 g/mol. The summed E-state index contributed by atoms with van der Waals surface area (Å²) in [5, 5.41) is 7.64. The van der Waals surface area contributed by atoms with Crippen molar-refractivity contribution in [2.75, 3.05) is 6.54 Å². The minimum Gasteiger partial charge on any atom is -0.310 e. The zero-order valence-electron chi connectivity index (χ0n) is 8.88. The van der Waals surface area contributed by atoms with Gasteiger partial charge in [-0.15, -0.1) is 12.3 Å². The van der Waals surface area contributed by atoms with E-state index in [9.17, 15) is 0 Å². The van der Waals surface area contributed by atoms with Crippen LogP contribution in [0.3, 0.4) is 0 Å². The Kier molecular flexibility index (Phi) is 4.21. The van der Waals surface area contributed by atoms with Gasteiger partial charge in [0, 0.05) is 26.6 Å². The van der Waals surface area contributed by atoms with E-state index in [0.29, 0.717) is 0 Å². The minimum absolute atomic E-state index is 0.776. The van der Waals surface area contributed by atoms with Gasteiger partial charge in [-0.1, -0.05) is 6.92 Å². The molecule has 0 aliphatic heterocycles. The van der Waals surface area contributed by atoms with Crippen LogP contribution in [0.4, 0.5) is 0 Å². The third kappa shape index (κ3) is 2.90. The molecule has 0 saturated heterocycles. The van der Waals surface area contributed by atoms with Gasteiger partial charge >= 0.3 is 0 Å². The number of aryl methyl sites for hydroxylation is 2. The molecule has 0 aliphatic rings. The van der Waals surface area contributed by atoms with Gasteiger partial charge in [0.25, 0.3) is 0 Å². The normalized spacial score (nSPS) is 10.1. The maximum absolute atomic E-state index is 5.16. The first kappa shape index (κ1) is 10.8. The summed E-state index contributed by atoms with van der Waals surface area (Å²) in [4.78, 5) is 0. The Hall–Kier alpha value is -1.27. The van der Waals surface area contributed by atoms with Crippen molar-refractivity contribution in [1.82, 2.24) is 15.1 Å². The van der Waals surface area contributed by atoms with Gasteiger partial charge < -0.3 is 5.32 Å². The Bertz CT molecular complexity index is 320. The first-order valence-electron chi connectivity index (χ1n) is 4.94. The maximum Gasteiger partial charge on any atom is 0.0625 e. The average Bonchev–Trinajstić information content (AvgIpc) is 2.54. The summed E-state index contributed by atoms with van der Waals surface area (Å²) in [5.74, 6) is 2.60. The van der Waals surface area contributed by atoms with Gasteiger partial charge in [-0.2, -0.15) is 5.10 Å². The van der Waals surface area contributed by atoms with Gasteiger partial charge in [0.2, 0.25) is 0 Å². The number of terminal acetylenes is 1. The fourth-order valence-electron chi connectivity index (χ4n) is 1.29. The zero-order valence-corrected chi connectivity index (χ0v) is 8.88. The largest absolute Gasteiger partial charge is 0.310 e. The quantitative estimate of drug-likeness (QED) is 0.558. The van der Waals surface area contributed by atoms with Crippen LogP contribution in [0.15, 0.2) is 6.07 Å². The molecule has 1 aromatic heterocycles. The highest BCUT2D eigenvalue weighted by molar-refractivity contribution is 5.09. The maximum atomic E-state index is 5.16. The number of rotatable bonds is 5. The van der Waals surface area contributed by atoms with Gasteiger partial charge in [-0.25, -0.2) is 0 Å². The highest BCUT2D eigenvalue weighted by Gasteiger charge is 2.01. The smallest absolute Gasteiger partial charge is 0.0625 e. The summed E-state index contributed by atoms with van der Waals surface area (Å²) in [5.41, 5.74) is 2.35. The van der Waals surface area contributed by atoms with E-state index in [4.69, 9.17) is 6.42 Å². The van der Waals surface area contributed by atoms with E-state index >= 15 is 0 Å². The SMILES string of the molecule is C#CCCNCc1cc(CC)nn1C. The van der Waals surface area contributed by atoms with E-state index in [2.05, 4.69) is 29.3 Å². The standard InChI is InChI=1S/C11H17N3/c1-4-6-7-12-9-11-8-10(5-2)13-14(11)3/h1,8,12H,5-7,9H2,2-3H3. The summed E-state index contributed by atoms with van der Waals surface area (Å²) in [6, 6.07) is 2.13. The molecule has 1 heterocycles. The van der Waals surface area contributed by atoms with Crippen LogP contribution in [0.2, 0.25) is 0 Å². The van der Waals surface area contributed by atoms with Crippen LogP contribution in [0, 0.1) is 12.3 Å². The summed E-state index contributed by atoms with van der Waals surface area (Å²) in [6.07, 6.45) is 6.92. The highest BCUT2D eigenvalue weighted by Crippen LogP contribution is 2.02. The van der Waals surface area contributed by atoms with Crippen molar-refractivity contribution >= 4 is 0 Å². The Morgan fingerprint density at radius 1 is 1.64 bits per heavy atom. The lowest BCUT2D eigenvalue weighted by Gasteiger charge is -2.02. The number of aromatic nitrogens is 2. The summed E-state index contributed by atoms with van der Waals surface area (Å²) < 4.78 is 1.92. The third-order valence-electron chi connectivity index (χ3n) is 2.14. The highest BCUT2D eigenvalue weighted by atomic mass is 15.3. The second kappa shape index (κ2) is 5.46. The molecular formula is C11H17N3. The minimum atomic E-state index is 0.776. The average molecular weight is 191 g/mol. The number of nitrogens with zero attached hydrogens (tertiary/aromatic N) is 2. The fraction of sp³-hybridized carbons (Fsp3) is 0.545. The predicted octanol–water partition coefficient (Wildman–Crippen LogP) is 1.10. The van der Waals surface area contributed by atoms with Crippen LogP contribution in [0.1, 0.15) is 24.7 Å². The second-order valence-electron chi connectivity index (χ2n) is 3.24. The summed E-state index contributed by atoms with van der Waals surface area (Å²) in [7, 11) is 1.97. The Labute approximate surface area is 85.5 Å². The fourth-order valence-corrected chi connectivity index (χ4v) is 1.29. The number of nitrogens with one attached hydrogen (secondary N) is 1. The molecule has 0 unspecified atom stereocenters. The van der Waals surface area contributed by atoms with Gasteiger partial charge in [-0.3, -0.25) is 4.68 Å². The Morgan fingerprint density at radius 2 is 2.43 bits per heavy atom. The first-order chi connectivity index (χ1) is 6.77. The molecule has 0 amide bonds. The van der Waals surface area contributed by atoms with E-state index in [1.54, 1.807) is 0 Å². The van der Waals surface area contributed by atoms with Gasteiger partial charge in [-0.05, 0) is 12.5 Å². The van der Waals surface area contributed by atoms with Crippen molar-refractivity contribution in [3.05, 3.63) is 17.5 Å². The van der Waals surface area contributed by atoms with Crippen molar-refractivity contribution in [3.8, 4) is 12.3 Å². The number of hydrogen-bond donors (Lipinski definition) is 1. The van der Waals surface area contributed by atoms with E-state index in [0.717, 1.165) is 31.6 Å². The Balaban J connectivity index is 2.42. The first-order valence-corrected chi connectivity index (χ1v) is 4.94. The van der Waals surface area contributed by atoms with Crippen LogP contribution in [0.25, 0.3) is 0 Å². The molecule has 0 fully saturated rings. The molecule has 0 aliphatic carbocycles. The molecule has 76 valence electrons. The van der Waals surface area contributed by atoms with Crippen LogP contribution in [0.5, 0.6) is 0 Å². The number of hydrogen-bond acceptors (Lipinski definition) is 2. The lowest BCUT2D eigenvalue weighted by molar-refractivity contribution is 0.629. The van der Waals surface area contributed by atoms with E-state index in [1.165, 1.54) is 5.69 Å². The molecule has 0 bridgehead atoms. The van der Waals surface area contributed by atoms with Crippen molar-refractivity contribution < 1.29 is 0 Å². The molecule has 3 heteroatoms. The van der Waals surface area contributed by atoms with Crippen molar-refractivity contribution in [1.29, 1.82) is 0 Å². The van der Waals surface area contributed by atoms with Crippen LogP contribution in [-0.2, 0) is 20.0 Å². The molecule has 0 aromatic carbocycles. The topological polar surface area (TPSA) is 29.9 Å². The molecule has 0 atom stereocenters. The second-order valence-corrected chi connectivity index (χ2v) is 3.24. The van der Waals surface area contributed by atoms with Crippen LogP contribution in [-0.4, -0.2) is 16.3 Å². The summed E-state index contributed by atoms with van der Waals surface area (Å²) in [6.45, 7) is 3.81. The molecule has 1 N–H and O–H groups in total. The Morgan fingerprint density at radius 3 is 3.00 bits per heavy atom. The van der Waals surface area contributed by atoms with E-state index in [1.807, 2.05) is 11.7 Å². The molecule has 0 saturated carbocycles. The van der Waals surface area contributed by atoms with Crippen molar-refractivity contribution in [2.45, 2.75) is 26.3 Å². The summed E-state index contributed by atoms with van der Waals surface area (Å²) >= 11 is 0. The van der Waals surface area contributed by atoms with E-state index < -0.39 is 0 Å². The molecule has 3 nitrogen and oxygen atoms in total. The van der Waals surface area contributed by atoms with Gasteiger partial charge in [0.1, 0.15) is 0 Å². The van der Waals surface area contributed by atoms with Crippen molar-refractivity contribution in [3.63, 3.8) is 0 Å². The molecule has 1 aromatic rings. The molecule has 1 rings (SSSR count). The van der Waals surface area contributed by atoms with Crippen LogP contribution < -0.4 is 5.32 Å². The van der Waals surface area contributed by atoms with Gasteiger partial charge in [0.15, 0.2) is 0 Å². The predicted molar refractivity (Wildman–Crippen MR) is 57.7 cm³/mol. The molecular weight excluding hydrogens is 174 g/mol. The molecule has 14 heavy (non-hydrogen) atoms. The lowest BCUT2D eigenvalue weighted by atomic mass is 10.3. The van der Waals surface area contributed by atoms with Crippen LogP contribution >= 0.6 is 0 Å².